The zero-order valence-corrected chi connectivity index (χ0v) is 14.0. The van der Waals surface area contributed by atoms with Gasteiger partial charge >= 0.3 is 11.9 Å². The lowest BCUT2D eigenvalue weighted by atomic mass is 10.2. The number of carbonyl (C=O) groups is 2. The lowest BCUT2D eigenvalue weighted by Gasteiger charge is -2.14. The standard InChI is InChI=1S/C14H26NO6P/c1-11(2)9-22(20,21)10-12(14(18)19)5-3-4-7-15-8-6-13(16)17/h5,11,15H,3-4,6-10H2,1-2H3,(H,16,17)(H,18,19)(H,20,21)/b12-5+. The summed E-state index contributed by atoms with van der Waals surface area (Å²) in [7, 11) is -3.47. The van der Waals surface area contributed by atoms with E-state index in [1.54, 1.807) is 0 Å². The minimum atomic E-state index is -3.47. The Morgan fingerprint density at radius 1 is 1.23 bits per heavy atom. The summed E-state index contributed by atoms with van der Waals surface area (Å²) in [6, 6.07) is 0. The molecule has 0 aliphatic carbocycles. The maximum Gasteiger partial charge on any atom is 0.331 e. The monoisotopic (exact) mass is 335 g/mol. The number of hydrogen-bond donors (Lipinski definition) is 4. The number of rotatable bonds is 12. The van der Waals surface area contributed by atoms with Crippen LogP contribution >= 0.6 is 7.37 Å². The molecule has 0 aliphatic rings. The number of unbranched alkanes of at least 4 members (excludes halogenated alkanes) is 1. The van der Waals surface area contributed by atoms with Gasteiger partial charge in [-0.25, -0.2) is 4.79 Å². The molecule has 0 rings (SSSR count). The van der Waals surface area contributed by atoms with Crippen LogP contribution in [0.2, 0.25) is 0 Å². The largest absolute Gasteiger partial charge is 0.481 e. The highest BCUT2D eigenvalue weighted by Gasteiger charge is 2.24. The second-order valence-corrected chi connectivity index (χ2v) is 8.03. The molecule has 1 atom stereocenters. The van der Waals surface area contributed by atoms with Gasteiger partial charge in [-0.2, -0.15) is 0 Å². The molecule has 0 saturated carbocycles. The summed E-state index contributed by atoms with van der Waals surface area (Å²) in [6.07, 6.45) is 2.41. The van der Waals surface area contributed by atoms with Crippen LogP contribution < -0.4 is 5.32 Å². The molecule has 0 fully saturated rings. The Bertz CT molecular complexity index is 447. The first-order valence-corrected chi connectivity index (χ1v) is 9.32. The summed E-state index contributed by atoms with van der Waals surface area (Å²) < 4.78 is 12.0. The molecule has 0 amide bonds. The summed E-state index contributed by atoms with van der Waals surface area (Å²) in [4.78, 5) is 31.2. The molecule has 0 aromatic heterocycles. The molecular weight excluding hydrogens is 309 g/mol. The normalized spacial score (nSPS) is 14.8. The predicted molar refractivity (Wildman–Crippen MR) is 84.5 cm³/mol. The molecule has 0 radical (unpaired) electrons. The molecule has 0 aromatic rings. The Balaban J connectivity index is 4.25. The van der Waals surface area contributed by atoms with E-state index in [9.17, 15) is 19.0 Å². The van der Waals surface area contributed by atoms with Gasteiger partial charge in [0.1, 0.15) is 0 Å². The summed E-state index contributed by atoms with van der Waals surface area (Å²) >= 11 is 0. The van der Waals surface area contributed by atoms with Crippen molar-refractivity contribution in [1.82, 2.24) is 5.32 Å². The van der Waals surface area contributed by atoms with E-state index in [4.69, 9.17) is 10.2 Å². The van der Waals surface area contributed by atoms with Crippen molar-refractivity contribution in [1.29, 1.82) is 0 Å². The van der Waals surface area contributed by atoms with Gasteiger partial charge in [0, 0.05) is 18.3 Å². The van der Waals surface area contributed by atoms with Crippen molar-refractivity contribution < 1.29 is 29.3 Å². The van der Waals surface area contributed by atoms with Crippen LogP contribution in [0.25, 0.3) is 0 Å². The fourth-order valence-corrected chi connectivity index (χ4v) is 4.01. The van der Waals surface area contributed by atoms with E-state index in [-0.39, 0.29) is 30.2 Å². The van der Waals surface area contributed by atoms with Crippen molar-refractivity contribution in [2.75, 3.05) is 25.4 Å². The maximum absolute atomic E-state index is 12.0. The van der Waals surface area contributed by atoms with Crippen molar-refractivity contribution in [2.45, 2.75) is 33.1 Å². The Morgan fingerprint density at radius 3 is 2.36 bits per heavy atom. The first-order valence-electron chi connectivity index (χ1n) is 7.29. The third-order valence-electron chi connectivity index (χ3n) is 2.81. The summed E-state index contributed by atoms with van der Waals surface area (Å²) in [5.41, 5.74) is -0.0305. The average Bonchev–Trinajstić information content (AvgIpc) is 2.33. The Kier molecular flexibility index (Phi) is 9.98. The van der Waals surface area contributed by atoms with Gasteiger partial charge in [-0.1, -0.05) is 19.9 Å². The van der Waals surface area contributed by atoms with Gasteiger partial charge in [-0.05, 0) is 25.3 Å². The van der Waals surface area contributed by atoms with Crippen molar-refractivity contribution >= 4 is 19.3 Å². The minimum Gasteiger partial charge on any atom is -0.481 e. The van der Waals surface area contributed by atoms with Gasteiger partial charge in [-0.15, -0.1) is 0 Å². The lowest BCUT2D eigenvalue weighted by molar-refractivity contribution is -0.137. The Hall–Kier alpha value is -1.17. The number of aliphatic carboxylic acids is 2. The number of nitrogens with one attached hydrogen (secondary N) is 1. The van der Waals surface area contributed by atoms with E-state index >= 15 is 0 Å². The summed E-state index contributed by atoms with van der Waals surface area (Å²) in [6.45, 7) is 4.57. The highest BCUT2D eigenvalue weighted by atomic mass is 31.2. The van der Waals surface area contributed by atoms with E-state index in [0.29, 0.717) is 25.9 Å². The van der Waals surface area contributed by atoms with E-state index < -0.39 is 19.3 Å². The highest BCUT2D eigenvalue weighted by molar-refractivity contribution is 7.58. The third-order valence-corrected chi connectivity index (χ3v) is 4.94. The van der Waals surface area contributed by atoms with Crippen LogP contribution in [0, 0.1) is 5.92 Å². The summed E-state index contributed by atoms with van der Waals surface area (Å²) in [5, 5.41) is 20.5. The van der Waals surface area contributed by atoms with Crippen LogP contribution in [-0.2, 0) is 14.2 Å². The zero-order valence-electron chi connectivity index (χ0n) is 13.1. The van der Waals surface area contributed by atoms with E-state index in [2.05, 4.69) is 5.32 Å². The minimum absolute atomic E-state index is 0.0305. The highest BCUT2D eigenvalue weighted by Crippen LogP contribution is 2.44. The Labute approximate surface area is 130 Å². The molecule has 7 nitrogen and oxygen atoms in total. The molecule has 8 heteroatoms. The second-order valence-electron chi connectivity index (χ2n) is 5.65. The lowest BCUT2D eigenvalue weighted by Crippen LogP contribution is -2.19. The molecular formula is C14H26NO6P. The van der Waals surface area contributed by atoms with Crippen LogP contribution in [-0.4, -0.2) is 52.5 Å². The van der Waals surface area contributed by atoms with Gasteiger partial charge in [0.25, 0.3) is 0 Å². The summed E-state index contributed by atoms with van der Waals surface area (Å²) in [5.74, 6) is -2.01. The molecule has 0 aliphatic heterocycles. The smallest absolute Gasteiger partial charge is 0.331 e. The van der Waals surface area contributed by atoms with Crippen molar-refractivity contribution in [3.63, 3.8) is 0 Å². The van der Waals surface area contributed by atoms with Crippen LogP contribution in [0.3, 0.4) is 0 Å². The van der Waals surface area contributed by atoms with Gasteiger partial charge in [-0.3, -0.25) is 9.36 Å². The van der Waals surface area contributed by atoms with Crippen LogP contribution in [0.5, 0.6) is 0 Å². The zero-order chi connectivity index (χ0) is 17.2. The molecule has 0 bridgehead atoms. The maximum atomic E-state index is 12.0. The second kappa shape index (κ2) is 10.5. The first-order chi connectivity index (χ1) is 10.1. The average molecular weight is 335 g/mol. The molecule has 1 unspecified atom stereocenters. The van der Waals surface area contributed by atoms with Crippen LogP contribution in [0.4, 0.5) is 0 Å². The number of carboxylic acids is 2. The van der Waals surface area contributed by atoms with Gasteiger partial charge in [0.15, 0.2) is 0 Å². The molecule has 0 aromatic carbocycles. The SMILES string of the molecule is CC(C)CP(=O)(O)C/C(=C\CCCNCCC(=O)O)C(=O)O. The molecule has 0 spiro atoms. The molecule has 4 N–H and O–H groups in total. The topological polar surface area (TPSA) is 124 Å². The third kappa shape index (κ3) is 11.5. The van der Waals surface area contributed by atoms with Crippen molar-refractivity contribution in [2.24, 2.45) is 5.92 Å². The molecule has 22 heavy (non-hydrogen) atoms. The van der Waals surface area contributed by atoms with E-state index in [0.717, 1.165) is 0 Å². The quantitative estimate of drug-likeness (QED) is 0.243. The van der Waals surface area contributed by atoms with Gasteiger partial charge < -0.3 is 20.4 Å². The fourth-order valence-electron chi connectivity index (χ4n) is 1.94. The molecule has 0 saturated heterocycles. The van der Waals surface area contributed by atoms with Crippen molar-refractivity contribution in [3.05, 3.63) is 11.6 Å². The number of allylic oxidation sites excluding steroid dienone is 1. The van der Waals surface area contributed by atoms with E-state index in [1.807, 2.05) is 13.8 Å². The van der Waals surface area contributed by atoms with Gasteiger partial charge in [0.2, 0.25) is 7.37 Å². The predicted octanol–water partition coefficient (Wildman–Crippen LogP) is 1.77. The Morgan fingerprint density at radius 2 is 1.86 bits per heavy atom. The first kappa shape index (κ1) is 20.8. The van der Waals surface area contributed by atoms with Crippen LogP contribution in [0.15, 0.2) is 11.6 Å². The van der Waals surface area contributed by atoms with Crippen LogP contribution in [0.1, 0.15) is 33.1 Å². The number of hydrogen-bond acceptors (Lipinski definition) is 4. The molecule has 0 heterocycles. The van der Waals surface area contributed by atoms with E-state index in [1.165, 1.54) is 6.08 Å². The molecule has 128 valence electrons. The van der Waals surface area contributed by atoms with Crippen molar-refractivity contribution in [3.8, 4) is 0 Å². The fraction of sp³-hybridized carbons (Fsp3) is 0.714. The number of carboxylic acid groups (broad SMARTS) is 2. The van der Waals surface area contributed by atoms with Gasteiger partial charge in [0.05, 0.1) is 12.6 Å².